The standard InChI is InChI=1S/C74H49FN4S.C60H42N4O/c75-53-23-18-31-58(45-53)76(54-24-7-2-8-25-54)59-35-39-70-66(46-59)67-47-60(36-40-71(67)79(70)57-30-17-22-51(43-57)50-19-5-1-6-20-50)77(55-26-9-3-10-27-55)61-37-41-73-68(48-61)69-49-62(38-42-74(69)80-73)78(56-28-11-4-12-29-56)72-44-52-21-13-14-32-63(52)64-33-15-16-34-65(64)72;1-7-19-43(20-8-1)61(44-21-9-2-10-22-44)49-31-35-57-53(39-49)54-40-50(32-36-58(54)64(57)48-29-17-6-18-30-48)63(47-27-15-5-16-28-47)52-34-38-60-56(42-52)55-41-51(33-37-59(55)65-60)62(45-23-11-3-12-24-45)46-25-13-4-14-26-46/h1-49H;1-42H. The topological polar surface area (TPSA) is 42.4 Å². The fourth-order valence-electron chi connectivity index (χ4n) is 21.3. The average molecular weight is 1880 g/mol. The molecule has 4 aromatic heterocycles. The summed E-state index contributed by atoms with van der Waals surface area (Å²) in [6.07, 6.45) is 0. The van der Waals surface area contributed by atoms with Gasteiger partial charge in [0.05, 0.1) is 27.8 Å². The molecule has 0 radical (unpaired) electrons. The molecular weight excluding hydrogens is 1790 g/mol. The third-order valence-electron chi connectivity index (χ3n) is 27.8. The number of rotatable bonds is 21. The second-order valence-corrected chi connectivity index (χ2v) is 37.6. The van der Waals surface area contributed by atoms with Gasteiger partial charge in [-0.05, 0) is 318 Å². The number of thiophene rings is 1. The second-order valence-electron chi connectivity index (χ2n) is 36.5. The fourth-order valence-corrected chi connectivity index (χ4v) is 22.4. The van der Waals surface area contributed by atoms with Crippen molar-refractivity contribution in [3.63, 3.8) is 0 Å². The van der Waals surface area contributed by atoms with E-state index in [1.165, 1.54) is 53.2 Å². The summed E-state index contributed by atoms with van der Waals surface area (Å²) in [6, 6.07) is 195. The minimum atomic E-state index is -0.289. The molecule has 0 aliphatic rings. The first-order valence-electron chi connectivity index (χ1n) is 49.0. The zero-order valence-electron chi connectivity index (χ0n) is 78.8. The van der Waals surface area contributed by atoms with E-state index >= 15 is 4.39 Å². The number of halogens is 1. The molecule has 0 bridgehead atoms. The molecular formula is C134H91FN8OS. The maximum atomic E-state index is 15.1. The van der Waals surface area contributed by atoms with Crippen LogP contribution < -0.4 is 29.4 Å². The summed E-state index contributed by atoms with van der Waals surface area (Å²) in [4.78, 5) is 13.9. The van der Waals surface area contributed by atoms with Gasteiger partial charge in [-0.1, -0.05) is 261 Å². The van der Waals surface area contributed by atoms with Gasteiger partial charge in [0.15, 0.2) is 0 Å². The summed E-state index contributed by atoms with van der Waals surface area (Å²) in [5, 5.41) is 13.9. The molecule has 0 atom stereocenters. The molecule has 27 aromatic rings. The maximum Gasteiger partial charge on any atom is 0.135 e. The summed E-state index contributed by atoms with van der Waals surface area (Å²) in [6.45, 7) is 0. The molecule has 27 rings (SSSR count). The van der Waals surface area contributed by atoms with E-state index in [9.17, 15) is 0 Å². The summed E-state index contributed by atoms with van der Waals surface area (Å²) >= 11 is 1.83. The smallest absolute Gasteiger partial charge is 0.135 e. The summed E-state index contributed by atoms with van der Waals surface area (Å²) < 4.78 is 28.9. The van der Waals surface area contributed by atoms with E-state index in [1.54, 1.807) is 12.1 Å². The Labute approximate surface area is 842 Å². The molecule has 9 nitrogen and oxygen atoms in total. The van der Waals surface area contributed by atoms with Crippen LogP contribution in [0.3, 0.4) is 0 Å². The van der Waals surface area contributed by atoms with Gasteiger partial charge in [0.2, 0.25) is 0 Å². The molecule has 0 N–H and O–H groups in total. The van der Waals surface area contributed by atoms with Crippen molar-refractivity contribution in [1.29, 1.82) is 0 Å². The lowest BCUT2D eigenvalue weighted by atomic mass is 9.99. The first kappa shape index (κ1) is 86.3. The van der Waals surface area contributed by atoms with Gasteiger partial charge in [-0.15, -0.1) is 11.3 Å². The Morgan fingerprint density at radius 3 is 0.848 bits per heavy atom. The molecule has 0 saturated carbocycles. The second kappa shape index (κ2) is 37.3. The Balaban J connectivity index is 0.000000151. The van der Waals surface area contributed by atoms with Gasteiger partial charge in [-0.3, -0.25) is 0 Å². The number of fused-ring (bicyclic) bond motifs is 15. The fraction of sp³-hybridized carbons (Fsp3) is 0. The van der Waals surface area contributed by atoms with Crippen LogP contribution in [0.25, 0.3) is 130 Å². The van der Waals surface area contributed by atoms with E-state index in [4.69, 9.17) is 4.42 Å². The number of aromatic nitrogens is 2. The molecule has 145 heavy (non-hydrogen) atoms. The maximum absolute atomic E-state index is 15.1. The molecule has 4 heterocycles. The molecule has 0 fully saturated rings. The first-order valence-corrected chi connectivity index (χ1v) is 49.8. The Kier molecular flexibility index (Phi) is 22.2. The Hall–Kier alpha value is -19.1. The zero-order valence-corrected chi connectivity index (χ0v) is 79.6. The van der Waals surface area contributed by atoms with Gasteiger partial charge in [0.1, 0.15) is 17.0 Å². The molecule has 0 saturated heterocycles. The van der Waals surface area contributed by atoms with Crippen LogP contribution in [0.2, 0.25) is 0 Å². The Bertz CT molecular complexity index is 9410. The number of hydrogen-bond acceptors (Lipinski definition) is 8. The summed E-state index contributed by atoms with van der Waals surface area (Å²) in [5.74, 6) is -0.289. The van der Waals surface area contributed by atoms with Crippen molar-refractivity contribution < 1.29 is 8.81 Å². The molecule has 0 unspecified atom stereocenters. The van der Waals surface area contributed by atoms with E-state index in [0.717, 1.165) is 185 Å². The van der Waals surface area contributed by atoms with Crippen LogP contribution in [-0.2, 0) is 0 Å². The number of para-hydroxylation sites is 9. The number of anilines is 18. The highest BCUT2D eigenvalue weighted by molar-refractivity contribution is 7.25. The van der Waals surface area contributed by atoms with Gasteiger partial charge in [-0.2, -0.15) is 0 Å². The summed E-state index contributed by atoms with van der Waals surface area (Å²) in [7, 11) is 0. The highest BCUT2D eigenvalue weighted by Gasteiger charge is 2.28. The normalized spacial score (nSPS) is 11.5. The van der Waals surface area contributed by atoms with Gasteiger partial charge in [0, 0.05) is 166 Å². The predicted molar refractivity (Wildman–Crippen MR) is 610 cm³/mol. The molecule has 11 heteroatoms. The van der Waals surface area contributed by atoms with E-state index < -0.39 is 0 Å². The molecule has 0 spiro atoms. The number of benzene rings is 23. The van der Waals surface area contributed by atoms with E-state index in [1.807, 2.05) is 35.6 Å². The highest BCUT2D eigenvalue weighted by Crippen LogP contribution is 2.52. The largest absolute Gasteiger partial charge is 0.456 e. The van der Waals surface area contributed by atoms with Gasteiger partial charge in [-0.25, -0.2) is 4.39 Å². The minimum absolute atomic E-state index is 0.289. The van der Waals surface area contributed by atoms with Crippen LogP contribution in [0.1, 0.15) is 0 Å². The van der Waals surface area contributed by atoms with Crippen LogP contribution in [0.4, 0.5) is 107 Å². The quantitative estimate of drug-likeness (QED) is 0.0664. The third kappa shape index (κ3) is 16.1. The van der Waals surface area contributed by atoms with E-state index in [2.05, 4.69) is 548 Å². The Morgan fingerprint density at radius 1 is 0.172 bits per heavy atom. The van der Waals surface area contributed by atoms with Crippen molar-refractivity contribution in [2.45, 2.75) is 0 Å². The SMILES string of the molecule is Fc1cccc(N(c2ccccc2)c2ccc3c(c2)c2cc(N(c4ccccc4)c4ccc5sc6ccc(N(c7ccccc7)c7cc8ccccc8c8ccccc78)cc6c5c4)ccc2n3-c2cccc(-c3ccccc3)c2)c1.c1ccc(N(c2ccccc2)c2ccc3oc4ccc(N(c5ccccc5)c5ccc6c(c5)c5cc(N(c7ccccc7)c7ccccc7)ccc5n6-c5ccccc5)cc4c3c2)cc1. The van der Waals surface area contributed by atoms with Crippen LogP contribution in [0.15, 0.2) is 556 Å². The van der Waals surface area contributed by atoms with E-state index in [-0.39, 0.29) is 5.82 Å². The highest BCUT2D eigenvalue weighted by atomic mass is 32.1. The average Bonchev–Trinajstić information content (AvgIpc) is 1.60. The monoisotopic (exact) mass is 1880 g/mol. The van der Waals surface area contributed by atoms with Gasteiger partial charge < -0.3 is 43.0 Å². The summed E-state index contributed by atoms with van der Waals surface area (Å²) in [5.41, 5.74) is 29.3. The molecule has 686 valence electrons. The van der Waals surface area contributed by atoms with Crippen molar-refractivity contribution >= 4 is 221 Å². The zero-order chi connectivity index (χ0) is 96.2. The van der Waals surface area contributed by atoms with Crippen molar-refractivity contribution in [1.82, 2.24) is 9.13 Å². The van der Waals surface area contributed by atoms with Crippen molar-refractivity contribution in [3.8, 4) is 22.5 Å². The van der Waals surface area contributed by atoms with Crippen molar-refractivity contribution in [2.24, 2.45) is 0 Å². The third-order valence-corrected chi connectivity index (χ3v) is 28.9. The van der Waals surface area contributed by atoms with Gasteiger partial charge >= 0.3 is 0 Å². The van der Waals surface area contributed by atoms with E-state index in [0.29, 0.717) is 0 Å². The van der Waals surface area contributed by atoms with Crippen molar-refractivity contribution in [2.75, 3.05) is 29.4 Å². The predicted octanol–water partition coefficient (Wildman–Crippen LogP) is 38.8. The molecule has 23 aromatic carbocycles. The lowest BCUT2D eigenvalue weighted by molar-refractivity contribution is 0.628. The number of nitrogens with zero attached hydrogens (tertiary/aromatic N) is 8. The van der Waals surface area contributed by atoms with Crippen LogP contribution in [-0.4, -0.2) is 9.13 Å². The molecule has 0 aliphatic carbocycles. The van der Waals surface area contributed by atoms with Crippen LogP contribution >= 0.6 is 11.3 Å². The Morgan fingerprint density at radius 2 is 0.448 bits per heavy atom. The molecule has 0 aliphatic heterocycles. The molecule has 0 amide bonds. The lowest BCUT2D eigenvalue weighted by Gasteiger charge is -2.27. The van der Waals surface area contributed by atoms with Crippen molar-refractivity contribution in [3.05, 3.63) is 558 Å². The number of furan rings is 1. The van der Waals surface area contributed by atoms with Gasteiger partial charge in [0.25, 0.3) is 0 Å². The van der Waals surface area contributed by atoms with Crippen LogP contribution in [0, 0.1) is 5.82 Å². The lowest BCUT2D eigenvalue weighted by Crippen LogP contribution is -2.10. The number of hydrogen-bond donors (Lipinski definition) is 0. The minimum Gasteiger partial charge on any atom is -0.456 e. The van der Waals surface area contributed by atoms with Crippen LogP contribution in [0.5, 0.6) is 0 Å². The first-order chi connectivity index (χ1) is 71.8.